The van der Waals surface area contributed by atoms with Crippen LogP contribution >= 0.6 is 11.3 Å². The third-order valence-corrected chi connectivity index (χ3v) is 6.88. The van der Waals surface area contributed by atoms with E-state index in [2.05, 4.69) is 16.5 Å². The number of likely N-dealkylation sites (tertiary alicyclic amines) is 1. The van der Waals surface area contributed by atoms with Gasteiger partial charge in [0.2, 0.25) is 0 Å². The number of rotatable bonds is 1. The van der Waals surface area contributed by atoms with Crippen molar-refractivity contribution < 1.29 is 9.53 Å². The van der Waals surface area contributed by atoms with Gasteiger partial charge in [-0.2, -0.15) is 5.10 Å². The first-order valence-corrected chi connectivity index (χ1v) is 9.99. The van der Waals surface area contributed by atoms with E-state index < -0.39 is 0 Å². The highest BCUT2D eigenvalue weighted by atomic mass is 32.1. The summed E-state index contributed by atoms with van der Waals surface area (Å²) in [4.78, 5) is 16.5. The Kier molecular flexibility index (Phi) is 3.65. The second kappa shape index (κ2) is 5.93. The van der Waals surface area contributed by atoms with Crippen LogP contribution in [0.2, 0.25) is 0 Å². The number of amides is 1. The zero-order chi connectivity index (χ0) is 17.7. The number of aromatic nitrogens is 2. The van der Waals surface area contributed by atoms with Crippen molar-refractivity contribution in [1.82, 2.24) is 14.5 Å². The van der Waals surface area contributed by atoms with Gasteiger partial charge in [0.25, 0.3) is 5.91 Å². The molecule has 3 aromatic rings. The van der Waals surface area contributed by atoms with Crippen molar-refractivity contribution in [2.75, 3.05) is 19.7 Å². The van der Waals surface area contributed by atoms with Crippen LogP contribution in [0.25, 0.3) is 5.52 Å². The standard InChI is InChI=1S/C20H21N3O2S/c1-14-3-2-8-23-17(14)16(13-21-23)19(24)22-9-6-20(7-10-22)18-15(4-11-25-20)5-12-26-18/h2-3,5,8,12-13H,4,6-7,9-11H2,1H3. The van der Waals surface area contributed by atoms with Crippen molar-refractivity contribution in [1.29, 1.82) is 0 Å². The average molecular weight is 367 g/mol. The smallest absolute Gasteiger partial charge is 0.257 e. The number of thiophene rings is 1. The van der Waals surface area contributed by atoms with Gasteiger partial charge in [0, 0.05) is 24.2 Å². The fourth-order valence-electron chi connectivity index (χ4n) is 4.34. The molecule has 0 atom stereocenters. The zero-order valence-corrected chi connectivity index (χ0v) is 15.6. The van der Waals surface area contributed by atoms with Gasteiger partial charge in [0.15, 0.2) is 0 Å². The summed E-state index contributed by atoms with van der Waals surface area (Å²) in [5.41, 5.74) is 3.92. The van der Waals surface area contributed by atoms with Gasteiger partial charge in [0.1, 0.15) is 5.60 Å². The molecule has 26 heavy (non-hydrogen) atoms. The highest BCUT2D eigenvalue weighted by Gasteiger charge is 2.42. The predicted molar refractivity (Wildman–Crippen MR) is 101 cm³/mol. The minimum atomic E-state index is -0.185. The second-order valence-electron chi connectivity index (χ2n) is 7.20. The van der Waals surface area contributed by atoms with E-state index in [1.807, 2.05) is 30.2 Å². The summed E-state index contributed by atoms with van der Waals surface area (Å²) in [6.45, 7) is 4.25. The minimum Gasteiger partial charge on any atom is -0.369 e. The number of carbonyl (C=O) groups is 1. The number of carbonyl (C=O) groups excluding carboxylic acids is 1. The summed E-state index contributed by atoms with van der Waals surface area (Å²) in [6, 6.07) is 6.20. The molecular formula is C20H21N3O2S. The molecule has 0 radical (unpaired) electrons. The normalized spacial score (nSPS) is 19.0. The summed E-state index contributed by atoms with van der Waals surface area (Å²) in [5.74, 6) is 0.0753. The van der Waals surface area contributed by atoms with Gasteiger partial charge in [-0.25, -0.2) is 4.52 Å². The number of fused-ring (bicyclic) bond motifs is 3. The van der Waals surface area contributed by atoms with Crippen LogP contribution in [-0.2, 0) is 16.8 Å². The Morgan fingerprint density at radius 3 is 3.00 bits per heavy atom. The molecule has 3 aromatic heterocycles. The molecule has 5 heterocycles. The van der Waals surface area contributed by atoms with Crippen molar-refractivity contribution >= 4 is 22.8 Å². The van der Waals surface area contributed by atoms with Crippen LogP contribution in [0.1, 0.15) is 39.2 Å². The Morgan fingerprint density at radius 1 is 1.31 bits per heavy atom. The van der Waals surface area contributed by atoms with Crippen LogP contribution in [0.3, 0.4) is 0 Å². The van der Waals surface area contributed by atoms with Crippen molar-refractivity contribution in [3.63, 3.8) is 0 Å². The van der Waals surface area contributed by atoms with Crippen molar-refractivity contribution in [2.24, 2.45) is 0 Å². The Hall–Kier alpha value is -2.18. The average Bonchev–Trinajstić information content (AvgIpc) is 3.30. The lowest BCUT2D eigenvalue weighted by molar-refractivity contribution is -0.0906. The van der Waals surface area contributed by atoms with Crippen LogP contribution < -0.4 is 0 Å². The van der Waals surface area contributed by atoms with Gasteiger partial charge in [-0.1, -0.05) is 6.07 Å². The Balaban J connectivity index is 1.40. The number of piperidine rings is 1. The lowest BCUT2D eigenvalue weighted by atomic mass is 9.85. The highest BCUT2D eigenvalue weighted by Crippen LogP contribution is 2.44. The van der Waals surface area contributed by atoms with Crippen LogP contribution in [0.15, 0.2) is 36.0 Å². The summed E-state index contributed by atoms with van der Waals surface area (Å²) >= 11 is 1.80. The molecule has 1 saturated heterocycles. The second-order valence-corrected chi connectivity index (χ2v) is 8.12. The summed E-state index contributed by atoms with van der Waals surface area (Å²) in [7, 11) is 0. The van der Waals surface area contributed by atoms with E-state index in [1.165, 1.54) is 10.4 Å². The number of aryl methyl sites for hydroxylation is 1. The quantitative estimate of drug-likeness (QED) is 0.662. The van der Waals surface area contributed by atoms with E-state index in [4.69, 9.17) is 4.74 Å². The third kappa shape index (κ3) is 2.32. The lowest BCUT2D eigenvalue weighted by Crippen LogP contribution is -2.47. The molecule has 6 heteroatoms. The molecule has 0 aromatic carbocycles. The van der Waals surface area contributed by atoms with Crippen LogP contribution in [0.4, 0.5) is 0 Å². The number of nitrogens with zero attached hydrogens (tertiary/aromatic N) is 3. The van der Waals surface area contributed by atoms with E-state index in [9.17, 15) is 4.79 Å². The molecule has 0 N–H and O–H groups in total. The Bertz CT molecular complexity index is 982. The maximum Gasteiger partial charge on any atom is 0.257 e. The van der Waals surface area contributed by atoms with Gasteiger partial charge in [0.05, 0.1) is 23.9 Å². The third-order valence-electron chi connectivity index (χ3n) is 5.74. The minimum absolute atomic E-state index is 0.0753. The van der Waals surface area contributed by atoms with Gasteiger partial charge in [-0.15, -0.1) is 11.3 Å². The zero-order valence-electron chi connectivity index (χ0n) is 14.8. The van der Waals surface area contributed by atoms with E-state index in [0.717, 1.165) is 50.0 Å². The van der Waals surface area contributed by atoms with Crippen molar-refractivity contribution in [2.45, 2.75) is 31.8 Å². The topological polar surface area (TPSA) is 46.8 Å². The molecule has 1 amide bonds. The molecule has 5 rings (SSSR count). The maximum absolute atomic E-state index is 13.1. The maximum atomic E-state index is 13.1. The molecule has 134 valence electrons. The predicted octanol–water partition coefficient (Wildman–Crippen LogP) is 3.41. The Morgan fingerprint density at radius 2 is 2.15 bits per heavy atom. The molecule has 5 nitrogen and oxygen atoms in total. The van der Waals surface area contributed by atoms with Crippen LogP contribution in [-0.4, -0.2) is 40.1 Å². The number of hydrogen-bond donors (Lipinski definition) is 0. The number of hydrogen-bond acceptors (Lipinski definition) is 4. The van der Waals surface area contributed by atoms with Crippen molar-refractivity contribution in [3.05, 3.63) is 57.5 Å². The van der Waals surface area contributed by atoms with Gasteiger partial charge < -0.3 is 9.64 Å². The van der Waals surface area contributed by atoms with E-state index in [-0.39, 0.29) is 11.5 Å². The first kappa shape index (κ1) is 16.0. The van der Waals surface area contributed by atoms with E-state index in [0.29, 0.717) is 5.56 Å². The first-order valence-electron chi connectivity index (χ1n) is 9.11. The number of pyridine rings is 1. The largest absolute Gasteiger partial charge is 0.369 e. The van der Waals surface area contributed by atoms with E-state index >= 15 is 0 Å². The summed E-state index contributed by atoms with van der Waals surface area (Å²) < 4.78 is 8.04. The molecule has 0 aliphatic carbocycles. The van der Waals surface area contributed by atoms with Gasteiger partial charge >= 0.3 is 0 Å². The summed E-state index contributed by atoms with van der Waals surface area (Å²) in [6.07, 6.45) is 6.32. The van der Waals surface area contributed by atoms with E-state index in [1.54, 1.807) is 22.0 Å². The van der Waals surface area contributed by atoms with Crippen LogP contribution in [0.5, 0.6) is 0 Å². The molecule has 1 fully saturated rings. The fraction of sp³-hybridized carbons (Fsp3) is 0.400. The highest BCUT2D eigenvalue weighted by molar-refractivity contribution is 7.10. The fourth-order valence-corrected chi connectivity index (χ4v) is 5.51. The first-order chi connectivity index (χ1) is 12.7. The SMILES string of the molecule is Cc1cccn2ncc(C(=O)N3CCC4(CC3)OCCc3ccsc34)c12. The number of ether oxygens (including phenoxy) is 1. The van der Waals surface area contributed by atoms with Gasteiger partial charge in [-0.05, 0) is 54.8 Å². The molecule has 0 saturated carbocycles. The molecule has 1 spiro atoms. The monoisotopic (exact) mass is 367 g/mol. The molecule has 2 aliphatic rings. The van der Waals surface area contributed by atoms with Crippen LogP contribution in [0, 0.1) is 6.92 Å². The van der Waals surface area contributed by atoms with Gasteiger partial charge in [-0.3, -0.25) is 4.79 Å². The van der Waals surface area contributed by atoms with Crippen molar-refractivity contribution in [3.8, 4) is 0 Å². The lowest BCUT2D eigenvalue weighted by Gasteiger charge is -2.43. The summed E-state index contributed by atoms with van der Waals surface area (Å²) in [5, 5.41) is 6.51. The molecule has 0 unspecified atom stereocenters. The Labute approximate surface area is 156 Å². The molecule has 2 aliphatic heterocycles. The molecular weight excluding hydrogens is 346 g/mol. The molecule has 0 bridgehead atoms.